The summed E-state index contributed by atoms with van der Waals surface area (Å²) in [5.41, 5.74) is 0.177. The Labute approximate surface area is 86.7 Å². The minimum atomic E-state index is 0. The van der Waals surface area contributed by atoms with Crippen LogP contribution in [0.4, 0.5) is 0 Å². The SMILES string of the molecule is Cl.O=C1CCCCC12CCCCC2. The molecule has 0 aromatic rings. The van der Waals surface area contributed by atoms with Crippen molar-refractivity contribution in [2.24, 2.45) is 5.41 Å². The topological polar surface area (TPSA) is 17.1 Å². The fourth-order valence-electron chi connectivity index (χ4n) is 2.91. The van der Waals surface area contributed by atoms with E-state index in [1.165, 1.54) is 44.9 Å². The van der Waals surface area contributed by atoms with Crippen LogP contribution in [0, 0.1) is 5.41 Å². The first-order valence-electron chi connectivity index (χ1n) is 5.37. The molecule has 2 aliphatic rings. The first-order valence-corrected chi connectivity index (χ1v) is 5.37. The van der Waals surface area contributed by atoms with E-state index in [1.807, 2.05) is 0 Å². The van der Waals surface area contributed by atoms with Crippen molar-refractivity contribution in [3.05, 3.63) is 0 Å². The molecule has 0 aromatic heterocycles. The van der Waals surface area contributed by atoms with Gasteiger partial charge < -0.3 is 0 Å². The van der Waals surface area contributed by atoms with Crippen LogP contribution in [-0.2, 0) is 4.79 Å². The molecule has 2 heteroatoms. The van der Waals surface area contributed by atoms with E-state index in [-0.39, 0.29) is 17.8 Å². The molecular formula is C11H19ClO. The minimum Gasteiger partial charge on any atom is -0.299 e. The Hall–Kier alpha value is -0.0400. The molecule has 2 rings (SSSR count). The van der Waals surface area contributed by atoms with Gasteiger partial charge in [-0.15, -0.1) is 12.4 Å². The van der Waals surface area contributed by atoms with Gasteiger partial charge in [0.05, 0.1) is 0 Å². The van der Waals surface area contributed by atoms with Crippen LogP contribution in [-0.4, -0.2) is 5.78 Å². The molecule has 0 saturated heterocycles. The van der Waals surface area contributed by atoms with Crippen LogP contribution in [0.2, 0.25) is 0 Å². The van der Waals surface area contributed by atoms with Gasteiger partial charge in [0.25, 0.3) is 0 Å². The molecule has 2 fully saturated rings. The highest BCUT2D eigenvalue weighted by molar-refractivity contribution is 5.85. The summed E-state index contributed by atoms with van der Waals surface area (Å²) in [4.78, 5) is 11.8. The summed E-state index contributed by atoms with van der Waals surface area (Å²) < 4.78 is 0. The van der Waals surface area contributed by atoms with Crippen molar-refractivity contribution in [2.75, 3.05) is 0 Å². The smallest absolute Gasteiger partial charge is 0.139 e. The molecule has 0 radical (unpaired) electrons. The maximum Gasteiger partial charge on any atom is 0.139 e. The first kappa shape index (κ1) is 11.0. The molecule has 0 aromatic carbocycles. The van der Waals surface area contributed by atoms with Crippen LogP contribution >= 0.6 is 12.4 Å². The van der Waals surface area contributed by atoms with E-state index in [9.17, 15) is 4.79 Å². The summed E-state index contributed by atoms with van der Waals surface area (Å²) in [5.74, 6) is 0.591. The number of carbonyl (C=O) groups excluding carboxylic acids is 1. The molecule has 0 amide bonds. The molecule has 13 heavy (non-hydrogen) atoms. The van der Waals surface area contributed by atoms with Crippen LogP contribution in [0.3, 0.4) is 0 Å². The quantitative estimate of drug-likeness (QED) is 0.588. The van der Waals surface area contributed by atoms with Gasteiger partial charge in [0, 0.05) is 11.8 Å². The lowest BCUT2D eigenvalue weighted by Crippen LogP contribution is -2.35. The van der Waals surface area contributed by atoms with Crippen molar-refractivity contribution in [3.63, 3.8) is 0 Å². The summed E-state index contributed by atoms with van der Waals surface area (Å²) in [5, 5.41) is 0. The highest BCUT2D eigenvalue weighted by Gasteiger charge is 2.39. The average molecular weight is 203 g/mol. The molecule has 0 unspecified atom stereocenters. The zero-order valence-electron chi connectivity index (χ0n) is 8.18. The van der Waals surface area contributed by atoms with Gasteiger partial charge >= 0.3 is 0 Å². The number of hydrogen-bond donors (Lipinski definition) is 0. The van der Waals surface area contributed by atoms with Crippen molar-refractivity contribution in [1.29, 1.82) is 0 Å². The highest BCUT2D eigenvalue weighted by Crippen LogP contribution is 2.44. The summed E-state index contributed by atoms with van der Waals surface area (Å²) in [6.07, 6.45) is 10.9. The lowest BCUT2D eigenvalue weighted by molar-refractivity contribution is -0.133. The third kappa shape index (κ3) is 2.07. The second-order valence-corrected chi connectivity index (χ2v) is 4.47. The van der Waals surface area contributed by atoms with Crippen LogP contribution in [0.1, 0.15) is 57.8 Å². The van der Waals surface area contributed by atoms with Crippen molar-refractivity contribution in [1.82, 2.24) is 0 Å². The third-order valence-corrected chi connectivity index (χ3v) is 3.71. The standard InChI is InChI=1S/C11H18O.ClH/c12-10-6-2-5-9-11(10)7-3-1-4-8-11;/h1-9H2;1H. The molecular weight excluding hydrogens is 184 g/mol. The van der Waals surface area contributed by atoms with E-state index < -0.39 is 0 Å². The second kappa shape index (κ2) is 4.45. The molecule has 0 atom stereocenters. The molecule has 0 heterocycles. The third-order valence-electron chi connectivity index (χ3n) is 3.71. The highest BCUT2D eigenvalue weighted by atomic mass is 35.5. The molecule has 1 nitrogen and oxygen atoms in total. The predicted molar refractivity (Wildman–Crippen MR) is 56.2 cm³/mol. The van der Waals surface area contributed by atoms with E-state index in [4.69, 9.17) is 0 Å². The van der Waals surface area contributed by atoms with Gasteiger partial charge in [-0.25, -0.2) is 0 Å². The molecule has 76 valence electrons. The van der Waals surface area contributed by atoms with Gasteiger partial charge in [-0.3, -0.25) is 4.79 Å². The van der Waals surface area contributed by atoms with Gasteiger partial charge in [-0.05, 0) is 25.7 Å². The van der Waals surface area contributed by atoms with Crippen LogP contribution in [0.25, 0.3) is 0 Å². The van der Waals surface area contributed by atoms with E-state index >= 15 is 0 Å². The second-order valence-electron chi connectivity index (χ2n) is 4.47. The maximum absolute atomic E-state index is 11.8. The lowest BCUT2D eigenvalue weighted by Gasteiger charge is -2.38. The zero-order valence-corrected chi connectivity index (χ0v) is 9.00. The van der Waals surface area contributed by atoms with Crippen LogP contribution < -0.4 is 0 Å². The first-order chi connectivity index (χ1) is 5.83. The van der Waals surface area contributed by atoms with Gasteiger partial charge in [-0.1, -0.05) is 25.7 Å². The normalized spacial score (nSPS) is 26.9. The fourth-order valence-corrected chi connectivity index (χ4v) is 2.91. The maximum atomic E-state index is 11.8. The summed E-state index contributed by atoms with van der Waals surface area (Å²) in [6.45, 7) is 0. The summed E-state index contributed by atoms with van der Waals surface area (Å²) in [7, 11) is 0. The molecule has 0 bridgehead atoms. The zero-order chi connectivity index (χ0) is 8.44. The molecule has 1 spiro atoms. The Kier molecular flexibility index (Phi) is 3.78. The van der Waals surface area contributed by atoms with Crippen molar-refractivity contribution >= 4 is 18.2 Å². The van der Waals surface area contributed by atoms with Gasteiger partial charge in [0.15, 0.2) is 0 Å². The number of hydrogen-bond acceptors (Lipinski definition) is 1. The Morgan fingerprint density at radius 2 is 1.38 bits per heavy atom. The van der Waals surface area contributed by atoms with Crippen molar-refractivity contribution < 1.29 is 4.79 Å². The van der Waals surface area contributed by atoms with E-state index in [0.29, 0.717) is 5.78 Å². The Balaban J connectivity index is 0.000000845. The van der Waals surface area contributed by atoms with Gasteiger partial charge in [-0.2, -0.15) is 0 Å². The van der Waals surface area contributed by atoms with Gasteiger partial charge in [0.1, 0.15) is 5.78 Å². The number of halogens is 1. The molecule has 2 saturated carbocycles. The Bertz CT molecular complexity index is 174. The molecule has 0 N–H and O–H groups in total. The van der Waals surface area contributed by atoms with E-state index in [0.717, 1.165) is 12.8 Å². The lowest BCUT2D eigenvalue weighted by atomic mass is 9.65. The summed E-state index contributed by atoms with van der Waals surface area (Å²) in [6, 6.07) is 0. The number of rotatable bonds is 0. The number of ketones is 1. The van der Waals surface area contributed by atoms with E-state index in [1.54, 1.807) is 0 Å². The van der Waals surface area contributed by atoms with E-state index in [2.05, 4.69) is 0 Å². The van der Waals surface area contributed by atoms with Crippen LogP contribution in [0.5, 0.6) is 0 Å². The van der Waals surface area contributed by atoms with Crippen molar-refractivity contribution in [2.45, 2.75) is 57.8 Å². The monoisotopic (exact) mass is 202 g/mol. The largest absolute Gasteiger partial charge is 0.299 e. The average Bonchev–Trinajstić information content (AvgIpc) is 2.12. The summed E-state index contributed by atoms with van der Waals surface area (Å²) >= 11 is 0. The number of carbonyl (C=O) groups is 1. The number of Topliss-reactive ketones (excluding diaryl/α,β-unsaturated/α-hetero) is 1. The van der Waals surface area contributed by atoms with Gasteiger partial charge in [0.2, 0.25) is 0 Å². The minimum absolute atomic E-state index is 0. The van der Waals surface area contributed by atoms with Crippen LogP contribution in [0.15, 0.2) is 0 Å². The Morgan fingerprint density at radius 3 is 2.00 bits per heavy atom. The predicted octanol–water partition coefficient (Wildman–Crippen LogP) is 3.50. The van der Waals surface area contributed by atoms with Crippen molar-refractivity contribution in [3.8, 4) is 0 Å². The Morgan fingerprint density at radius 1 is 0.846 bits per heavy atom. The molecule has 0 aliphatic heterocycles. The fraction of sp³-hybridized carbons (Fsp3) is 0.909. The molecule has 2 aliphatic carbocycles.